The number of fused-ring (bicyclic) bond motifs is 2. The molecule has 5 heteroatoms. The lowest BCUT2D eigenvalue weighted by atomic mass is 10.3. The van der Waals surface area contributed by atoms with Gasteiger partial charge in [-0.2, -0.15) is 0 Å². The fraction of sp³-hybridized carbons (Fsp3) is 0.294. The highest BCUT2D eigenvalue weighted by Crippen LogP contribution is 2.46. The van der Waals surface area contributed by atoms with Gasteiger partial charge in [0.15, 0.2) is 0 Å². The van der Waals surface area contributed by atoms with Gasteiger partial charge in [-0.25, -0.2) is 4.98 Å². The van der Waals surface area contributed by atoms with Crippen LogP contribution in [0.15, 0.2) is 46.6 Å². The van der Waals surface area contributed by atoms with E-state index < -0.39 is 0 Å². The quantitative estimate of drug-likeness (QED) is 0.814. The molecule has 0 saturated carbocycles. The van der Waals surface area contributed by atoms with Gasteiger partial charge in [0.05, 0.1) is 29.9 Å². The fourth-order valence-electron chi connectivity index (χ4n) is 2.16. The highest BCUT2D eigenvalue weighted by Gasteiger charge is 2.23. The monoisotopic (exact) mass is 310 g/mol. The molecular formula is C17H18N4S. The van der Waals surface area contributed by atoms with E-state index in [2.05, 4.69) is 51.6 Å². The zero-order chi connectivity index (χ0) is 15.4. The summed E-state index contributed by atoms with van der Waals surface area (Å²) in [6, 6.07) is 6.11. The number of pyridine rings is 2. The summed E-state index contributed by atoms with van der Waals surface area (Å²) in [4.78, 5) is 15.5. The summed E-state index contributed by atoms with van der Waals surface area (Å²) in [5, 5.41) is 0. The minimum atomic E-state index is 0.626. The van der Waals surface area contributed by atoms with Crippen molar-refractivity contribution in [3.05, 3.63) is 36.8 Å². The van der Waals surface area contributed by atoms with Crippen LogP contribution in [-0.4, -0.2) is 41.5 Å². The van der Waals surface area contributed by atoms with Crippen molar-refractivity contribution < 1.29 is 0 Å². The smallest absolute Gasteiger partial charge is 0.147 e. The minimum Gasteiger partial charge on any atom is -0.311 e. The van der Waals surface area contributed by atoms with Crippen molar-refractivity contribution in [2.45, 2.75) is 16.7 Å². The summed E-state index contributed by atoms with van der Waals surface area (Å²) >= 11 is 1.73. The van der Waals surface area contributed by atoms with Crippen LogP contribution >= 0.6 is 11.8 Å². The van der Waals surface area contributed by atoms with Gasteiger partial charge in [0.25, 0.3) is 0 Å². The maximum absolute atomic E-state index is 4.53. The topological polar surface area (TPSA) is 32.3 Å². The lowest BCUT2D eigenvalue weighted by Crippen LogP contribution is -2.23. The molecule has 0 saturated heterocycles. The molecule has 0 spiro atoms. The summed E-state index contributed by atoms with van der Waals surface area (Å²) in [5.41, 5.74) is 1.08. The van der Waals surface area contributed by atoms with Crippen LogP contribution in [0.3, 0.4) is 0 Å². The highest BCUT2D eigenvalue weighted by molar-refractivity contribution is 7.99. The normalized spacial score (nSPS) is 12.4. The van der Waals surface area contributed by atoms with Gasteiger partial charge in [0.1, 0.15) is 5.82 Å². The van der Waals surface area contributed by atoms with Crippen LogP contribution in [-0.2, 0) is 0 Å². The Labute approximate surface area is 135 Å². The van der Waals surface area contributed by atoms with Crippen molar-refractivity contribution in [2.24, 2.45) is 0 Å². The van der Waals surface area contributed by atoms with Crippen molar-refractivity contribution >= 4 is 23.3 Å². The Morgan fingerprint density at radius 3 is 3.00 bits per heavy atom. The first-order chi connectivity index (χ1) is 10.8. The molecule has 0 atom stereocenters. The average molecular weight is 310 g/mol. The predicted molar refractivity (Wildman–Crippen MR) is 90.6 cm³/mol. The zero-order valence-corrected chi connectivity index (χ0v) is 13.6. The number of rotatable bonds is 3. The molecule has 0 unspecified atom stereocenters. The molecular weight excluding hydrogens is 292 g/mol. The molecule has 112 valence electrons. The SMILES string of the molecule is CCN(C)CC#CCN1c2cnccc2Sc2cccnc21. The molecule has 3 rings (SSSR count). The van der Waals surface area contributed by atoms with Crippen LogP contribution < -0.4 is 4.90 Å². The molecule has 0 radical (unpaired) electrons. The highest BCUT2D eigenvalue weighted by atomic mass is 32.2. The molecule has 2 aromatic rings. The third kappa shape index (κ3) is 3.08. The lowest BCUT2D eigenvalue weighted by Gasteiger charge is -2.29. The Morgan fingerprint density at radius 1 is 1.23 bits per heavy atom. The molecule has 3 heterocycles. The van der Waals surface area contributed by atoms with Crippen LogP contribution in [0.1, 0.15) is 6.92 Å². The Kier molecular flexibility index (Phi) is 4.62. The summed E-state index contributed by atoms with van der Waals surface area (Å²) in [7, 11) is 2.07. The second kappa shape index (κ2) is 6.82. The van der Waals surface area contributed by atoms with Crippen LogP contribution in [0.2, 0.25) is 0 Å². The van der Waals surface area contributed by atoms with Gasteiger partial charge in [0, 0.05) is 17.3 Å². The van der Waals surface area contributed by atoms with Gasteiger partial charge in [-0.1, -0.05) is 30.5 Å². The Hall–Kier alpha value is -2.03. The van der Waals surface area contributed by atoms with E-state index in [4.69, 9.17) is 0 Å². The number of aromatic nitrogens is 2. The first kappa shape index (κ1) is 14.9. The van der Waals surface area contributed by atoms with E-state index in [1.807, 2.05) is 30.7 Å². The van der Waals surface area contributed by atoms with Gasteiger partial charge in [-0.15, -0.1) is 0 Å². The third-order valence-corrected chi connectivity index (χ3v) is 4.63. The maximum atomic E-state index is 4.53. The Bertz CT molecular complexity index is 674. The van der Waals surface area contributed by atoms with E-state index in [9.17, 15) is 0 Å². The molecule has 22 heavy (non-hydrogen) atoms. The van der Waals surface area contributed by atoms with Gasteiger partial charge in [-0.05, 0) is 31.8 Å². The Balaban J connectivity index is 1.87. The van der Waals surface area contributed by atoms with Crippen molar-refractivity contribution in [1.29, 1.82) is 0 Å². The van der Waals surface area contributed by atoms with E-state index in [0.717, 1.165) is 29.5 Å². The number of nitrogens with zero attached hydrogens (tertiary/aromatic N) is 4. The molecule has 0 aliphatic carbocycles. The molecule has 0 N–H and O–H groups in total. The summed E-state index contributed by atoms with van der Waals surface area (Å²) in [6.07, 6.45) is 5.54. The summed E-state index contributed by atoms with van der Waals surface area (Å²) < 4.78 is 0. The largest absolute Gasteiger partial charge is 0.311 e. The first-order valence-corrected chi connectivity index (χ1v) is 8.10. The first-order valence-electron chi connectivity index (χ1n) is 7.28. The van der Waals surface area contributed by atoms with Crippen LogP contribution in [0, 0.1) is 11.8 Å². The standard InChI is InChI=1S/C17H18N4S/c1-3-20(2)11-4-5-12-21-14-13-18-10-8-15(14)22-16-7-6-9-19-17(16)21/h6-10,13H,3,11-12H2,1-2H3. The maximum Gasteiger partial charge on any atom is 0.147 e. The van der Waals surface area contributed by atoms with Crippen molar-refractivity contribution in [1.82, 2.24) is 14.9 Å². The Morgan fingerprint density at radius 2 is 2.14 bits per heavy atom. The lowest BCUT2D eigenvalue weighted by molar-refractivity contribution is 0.398. The molecule has 1 aliphatic rings. The molecule has 2 aromatic heterocycles. The van der Waals surface area contributed by atoms with Crippen molar-refractivity contribution in [3.63, 3.8) is 0 Å². The van der Waals surface area contributed by atoms with Crippen LogP contribution in [0.5, 0.6) is 0 Å². The van der Waals surface area contributed by atoms with E-state index in [0.29, 0.717) is 6.54 Å². The number of hydrogen-bond acceptors (Lipinski definition) is 5. The molecule has 0 fully saturated rings. The second-order valence-corrected chi connectivity index (χ2v) is 6.12. The van der Waals surface area contributed by atoms with Crippen molar-refractivity contribution in [2.75, 3.05) is 31.6 Å². The van der Waals surface area contributed by atoms with Crippen LogP contribution in [0.25, 0.3) is 0 Å². The van der Waals surface area contributed by atoms with E-state index in [1.54, 1.807) is 11.8 Å². The minimum absolute atomic E-state index is 0.626. The number of hydrogen-bond donors (Lipinski definition) is 0. The summed E-state index contributed by atoms with van der Waals surface area (Å²) in [6.45, 7) is 4.55. The zero-order valence-electron chi connectivity index (χ0n) is 12.8. The van der Waals surface area contributed by atoms with Crippen molar-refractivity contribution in [3.8, 4) is 11.8 Å². The molecule has 0 amide bonds. The van der Waals surface area contributed by atoms with E-state index in [1.165, 1.54) is 4.90 Å². The number of anilines is 2. The second-order valence-electron chi connectivity index (χ2n) is 5.04. The van der Waals surface area contributed by atoms with Gasteiger partial charge < -0.3 is 4.90 Å². The summed E-state index contributed by atoms with van der Waals surface area (Å²) in [5.74, 6) is 7.45. The van der Waals surface area contributed by atoms with Gasteiger partial charge in [0.2, 0.25) is 0 Å². The van der Waals surface area contributed by atoms with E-state index >= 15 is 0 Å². The predicted octanol–water partition coefficient (Wildman–Crippen LogP) is 3.03. The molecule has 4 nitrogen and oxygen atoms in total. The molecule has 0 aromatic carbocycles. The van der Waals surface area contributed by atoms with Gasteiger partial charge >= 0.3 is 0 Å². The van der Waals surface area contributed by atoms with Crippen LogP contribution in [0.4, 0.5) is 11.5 Å². The van der Waals surface area contributed by atoms with E-state index in [-0.39, 0.29) is 0 Å². The fourth-order valence-corrected chi connectivity index (χ4v) is 3.19. The third-order valence-electron chi connectivity index (χ3n) is 3.53. The van der Waals surface area contributed by atoms with Gasteiger partial charge in [-0.3, -0.25) is 9.88 Å². The molecule has 0 bridgehead atoms. The molecule has 1 aliphatic heterocycles. The average Bonchev–Trinajstić information content (AvgIpc) is 2.57.